The number of carbonyl (C=O) groups is 1. The molecule has 0 radical (unpaired) electrons. The van der Waals surface area contributed by atoms with Crippen molar-refractivity contribution in [2.24, 2.45) is 5.10 Å². The fourth-order valence-corrected chi connectivity index (χ4v) is 3.52. The molecule has 0 spiro atoms. The van der Waals surface area contributed by atoms with Gasteiger partial charge in [-0.15, -0.1) is 11.3 Å². The molecule has 0 atom stereocenters. The third-order valence-corrected chi connectivity index (χ3v) is 5.20. The SMILES string of the molecule is COc1ccc(N(CC(=O)N/N=C\c2cccs2)S(C)(=O)=O)c(OC)c1. The van der Waals surface area contributed by atoms with Crippen molar-refractivity contribution < 1.29 is 22.7 Å². The topological polar surface area (TPSA) is 97.3 Å². The van der Waals surface area contributed by atoms with E-state index in [1.165, 1.54) is 37.8 Å². The van der Waals surface area contributed by atoms with Gasteiger partial charge < -0.3 is 9.47 Å². The number of hydrogen-bond acceptors (Lipinski definition) is 7. The summed E-state index contributed by atoms with van der Waals surface area (Å²) in [5, 5.41) is 5.71. The lowest BCUT2D eigenvalue weighted by Crippen LogP contribution is -2.39. The Morgan fingerprint density at radius 1 is 1.31 bits per heavy atom. The lowest BCUT2D eigenvalue weighted by Gasteiger charge is -2.23. The van der Waals surface area contributed by atoms with Gasteiger partial charge >= 0.3 is 0 Å². The zero-order valence-electron chi connectivity index (χ0n) is 14.5. The Bertz CT molecular complexity index is 879. The second kappa shape index (κ2) is 8.68. The second-order valence-corrected chi connectivity index (χ2v) is 8.00. The Morgan fingerprint density at radius 3 is 2.65 bits per heavy atom. The highest BCUT2D eigenvalue weighted by Gasteiger charge is 2.24. The van der Waals surface area contributed by atoms with Crippen molar-refractivity contribution in [1.29, 1.82) is 0 Å². The number of hydrogen-bond donors (Lipinski definition) is 1. The Hall–Kier alpha value is -2.59. The van der Waals surface area contributed by atoms with Gasteiger partial charge in [0.25, 0.3) is 5.91 Å². The minimum Gasteiger partial charge on any atom is -0.497 e. The molecule has 8 nitrogen and oxygen atoms in total. The van der Waals surface area contributed by atoms with Gasteiger partial charge in [0, 0.05) is 10.9 Å². The van der Waals surface area contributed by atoms with Crippen LogP contribution >= 0.6 is 11.3 Å². The normalized spacial score (nSPS) is 11.3. The van der Waals surface area contributed by atoms with Gasteiger partial charge in [0.1, 0.15) is 18.0 Å². The van der Waals surface area contributed by atoms with Gasteiger partial charge in [-0.2, -0.15) is 5.10 Å². The maximum atomic E-state index is 12.2. The summed E-state index contributed by atoms with van der Waals surface area (Å²) in [4.78, 5) is 13.0. The fraction of sp³-hybridized carbons (Fsp3) is 0.250. The largest absolute Gasteiger partial charge is 0.497 e. The van der Waals surface area contributed by atoms with E-state index in [4.69, 9.17) is 9.47 Å². The zero-order chi connectivity index (χ0) is 19.2. The van der Waals surface area contributed by atoms with Crippen LogP contribution in [-0.4, -0.2) is 47.6 Å². The molecule has 140 valence electrons. The average Bonchev–Trinajstić information content (AvgIpc) is 3.11. The molecule has 0 saturated carbocycles. The van der Waals surface area contributed by atoms with Crippen molar-refractivity contribution in [3.63, 3.8) is 0 Å². The number of carbonyl (C=O) groups excluding carboxylic acids is 1. The van der Waals surface area contributed by atoms with E-state index in [1.807, 2.05) is 17.5 Å². The van der Waals surface area contributed by atoms with Gasteiger partial charge in [0.2, 0.25) is 10.0 Å². The predicted molar refractivity (Wildman–Crippen MR) is 102 cm³/mol. The summed E-state index contributed by atoms with van der Waals surface area (Å²) in [7, 11) is -0.837. The van der Waals surface area contributed by atoms with Crippen LogP contribution in [0.5, 0.6) is 11.5 Å². The van der Waals surface area contributed by atoms with Crippen LogP contribution in [0.2, 0.25) is 0 Å². The van der Waals surface area contributed by atoms with Crippen molar-refractivity contribution in [2.75, 3.05) is 31.3 Å². The first kappa shape index (κ1) is 19.7. The number of ether oxygens (including phenoxy) is 2. The number of sulfonamides is 1. The van der Waals surface area contributed by atoms with Gasteiger partial charge in [0.05, 0.1) is 32.4 Å². The number of amides is 1. The maximum Gasteiger partial charge on any atom is 0.260 e. The van der Waals surface area contributed by atoms with Crippen LogP contribution < -0.4 is 19.2 Å². The van der Waals surface area contributed by atoms with Crippen molar-refractivity contribution in [3.8, 4) is 11.5 Å². The molecule has 1 aromatic carbocycles. The first-order valence-electron chi connectivity index (χ1n) is 7.40. The number of nitrogens with one attached hydrogen (secondary N) is 1. The summed E-state index contributed by atoms with van der Waals surface area (Å²) in [5.74, 6) is 0.190. The van der Waals surface area contributed by atoms with E-state index in [0.29, 0.717) is 5.75 Å². The van der Waals surface area contributed by atoms with Gasteiger partial charge in [-0.1, -0.05) is 6.07 Å². The number of nitrogens with zero attached hydrogens (tertiary/aromatic N) is 2. The van der Waals surface area contributed by atoms with E-state index in [-0.39, 0.29) is 11.4 Å². The molecule has 2 rings (SSSR count). The third-order valence-electron chi connectivity index (χ3n) is 3.27. The molecule has 2 aromatic rings. The highest BCUT2D eigenvalue weighted by molar-refractivity contribution is 7.92. The van der Waals surface area contributed by atoms with Crippen LogP contribution in [0.1, 0.15) is 4.88 Å². The van der Waals surface area contributed by atoms with Crippen LogP contribution in [-0.2, 0) is 14.8 Å². The Morgan fingerprint density at radius 2 is 2.08 bits per heavy atom. The molecule has 0 bridgehead atoms. The number of rotatable bonds is 8. The molecule has 0 saturated heterocycles. The molecule has 0 aliphatic rings. The quantitative estimate of drug-likeness (QED) is 0.540. The second-order valence-electron chi connectivity index (χ2n) is 5.12. The van der Waals surface area contributed by atoms with E-state index in [1.54, 1.807) is 12.1 Å². The number of thiophene rings is 1. The molecular formula is C16H19N3O5S2. The minimum absolute atomic E-state index is 0.230. The molecule has 0 aliphatic heterocycles. The lowest BCUT2D eigenvalue weighted by atomic mass is 10.2. The molecule has 10 heteroatoms. The van der Waals surface area contributed by atoms with E-state index >= 15 is 0 Å². The van der Waals surface area contributed by atoms with Crippen molar-refractivity contribution in [2.45, 2.75) is 0 Å². The van der Waals surface area contributed by atoms with E-state index in [9.17, 15) is 13.2 Å². The predicted octanol–water partition coefficient (Wildman–Crippen LogP) is 1.68. The summed E-state index contributed by atoms with van der Waals surface area (Å²) >= 11 is 1.46. The molecule has 0 aliphatic carbocycles. The van der Waals surface area contributed by atoms with Gasteiger partial charge in [0.15, 0.2) is 0 Å². The van der Waals surface area contributed by atoms with Crippen molar-refractivity contribution >= 4 is 39.2 Å². The molecule has 1 N–H and O–H groups in total. The Balaban J connectivity index is 2.19. The number of anilines is 1. The van der Waals surface area contributed by atoms with Crippen molar-refractivity contribution in [3.05, 3.63) is 40.6 Å². The zero-order valence-corrected chi connectivity index (χ0v) is 16.1. The first-order valence-corrected chi connectivity index (χ1v) is 10.1. The van der Waals surface area contributed by atoms with Crippen molar-refractivity contribution in [1.82, 2.24) is 5.43 Å². The smallest absolute Gasteiger partial charge is 0.260 e. The summed E-state index contributed by atoms with van der Waals surface area (Å²) in [6.07, 6.45) is 2.50. The van der Waals surface area contributed by atoms with E-state index in [0.717, 1.165) is 15.4 Å². The number of methoxy groups -OCH3 is 2. The molecule has 0 fully saturated rings. The fourth-order valence-electron chi connectivity index (χ4n) is 2.07. The third kappa shape index (κ3) is 5.20. The first-order chi connectivity index (χ1) is 12.3. The molecule has 1 amide bonds. The number of hydrazone groups is 1. The van der Waals surface area contributed by atoms with Crippen LogP contribution in [0.3, 0.4) is 0 Å². The molecule has 1 heterocycles. The summed E-state index contributed by atoms with van der Waals surface area (Å²) in [5.41, 5.74) is 2.55. The summed E-state index contributed by atoms with van der Waals surface area (Å²) in [6.45, 7) is -0.441. The lowest BCUT2D eigenvalue weighted by molar-refractivity contribution is -0.119. The van der Waals surface area contributed by atoms with Gasteiger partial charge in [-0.05, 0) is 23.6 Å². The van der Waals surface area contributed by atoms with Crippen LogP contribution in [0, 0.1) is 0 Å². The van der Waals surface area contributed by atoms with E-state index in [2.05, 4.69) is 10.5 Å². The highest BCUT2D eigenvalue weighted by Crippen LogP contribution is 2.33. The molecular weight excluding hydrogens is 378 g/mol. The van der Waals surface area contributed by atoms with Gasteiger partial charge in [-0.3, -0.25) is 9.10 Å². The average molecular weight is 397 g/mol. The summed E-state index contributed by atoms with van der Waals surface area (Å²) < 4.78 is 35.6. The standard InChI is InChI=1S/C16H19N3O5S2/c1-23-12-6-7-14(15(9-12)24-2)19(26(3,21)22)11-16(20)18-17-10-13-5-4-8-25-13/h4-10H,11H2,1-3H3,(H,18,20)/b17-10-. The summed E-state index contributed by atoms with van der Waals surface area (Å²) in [6, 6.07) is 8.34. The highest BCUT2D eigenvalue weighted by atomic mass is 32.2. The minimum atomic E-state index is -3.73. The Kier molecular flexibility index (Phi) is 6.58. The molecule has 1 aromatic heterocycles. The van der Waals surface area contributed by atoms with Gasteiger partial charge in [-0.25, -0.2) is 13.8 Å². The molecule has 26 heavy (non-hydrogen) atoms. The number of benzene rings is 1. The van der Waals surface area contributed by atoms with E-state index < -0.39 is 22.5 Å². The van der Waals surface area contributed by atoms with Crippen LogP contribution in [0.15, 0.2) is 40.8 Å². The maximum absolute atomic E-state index is 12.2. The van der Waals surface area contributed by atoms with Crippen LogP contribution in [0.25, 0.3) is 0 Å². The monoisotopic (exact) mass is 397 g/mol. The van der Waals surface area contributed by atoms with Crippen LogP contribution in [0.4, 0.5) is 5.69 Å². The molecule has 0 unspecified atom stereocenters. The Labute approximate surface area is 156 Å².